The Labute approximate surface area is 209 Å². The van der Waals surface area contributed by atoms with E-state index in [0.29, 0.717) is 25.9 Å². The van der Waals surface area contributed by atoms with E-state index in [4.69, 9.17) is 9.84 Å². The van der Waals surface area contributed by atoms with Crippen LogP contribution in [0.15, 0.2) is 0 Å². The molecule has 0 aromatic rings. The zero-order chi connectivity index (χ0) is 20.7. The normalized spacial score (nSPS) is 10.5. The van der Waals surface area contributed by atoms with Gasteiger partial charge in [-0.25, -0.2) is 0 Å². The summed E-state index contributed by atoms with van der Waals surface area (Å²) in [6.45, 7) is 2.78. The number of unbranched alkanes of at least 4 members (excludes halogenated alkanes) is 16. The Morgan fingerprint density at radius 1 is 0.586 bits per heavy atom. The van der Waals surface area contributed by atoms with E-state index in [1.807, 2.05) is 0 Å². The van der Waals surface area contributed by atoms with Crippen molar-refractivity contribution in [1.29, 1.82) is 0 Å². The molecule has 0 rings (SSSR count). The van der Waals surface area contributed by atoms with E-state index in [1.54, 1.807) is 0 Å². The quantitative estimate of drug-likeness (QED) is 0.118. The Morgan fingerprint density at radius 2 is 0.966 bits per heavy atom. The number of carbonyl (C=O) groups is 2. The summed E-state index contributed by atoms with van der Waals surface area (Å²) in [6.07, 6.45) is 23.0. The van der Waals surface area contributed by atoms with Crippen molar-refractivity contribution in [3.05, 3.63) is 0 Å². The van der Waals surface area contributed by atoms with E-state index in [9.17, 15) is 9.59 Å². The van der Waals surface area contributed by atoms with Crippen molar-refractivity contribution in [3.63, 3.8) is 0 Å². The third kappa shape index (κ3) is 28.2. The molecule has 0 aromatic carbocycles. The molecular weight excluding hydrogens is 392 g/mol. The van der Waals surface area contributed by atoms with Crippen molar-refractivity contribution in [1.82, 2.24) is 0 Å². The monoisotopic (exact) mass is 440 g/mol. The molecule has 0 saturated carbocycles. The summed E-state index contributed by atoms with van der Waals surface area (Å²) in [5, 5.41) is 8.53. The first-order chi connectivity index (χ1) is 13.7. The van der Waals surface area contributed by atoms with Crippen molar-refractivity contribution in [3.8, 4) is 0 Å². The van der Waals surface area contributed by atoms with E-state index >= 15 is 0 Å². The van der Waals surface area contributed by atoms with Gasteiger partial charge in [-0.1, -0.05) is 103 Å². The van der Waals surface area contributed by atoms with Gasteiger partial charge >= 0.3 is 49.7 Å². The Hall–Kier alpha value is 0.200. The number of hydrogen-bond donors (Lipinski definition) is 1. The van der Waals surface area contributed by atoms with E-state index < -0.39 is 5.97 Å². The Bertz CT molecular complexity index is 361. The molecule has 0 aromatic heterocycles. The van der Waals surface area contributed by atoms with Crippen LogP contribution in [0.3, 0.4) is 0 Å². The van der Waals surface area contributed by atoms with Crippen molar-refractivity contribution in [2.75, 3.05) is 6.61 Å². The number of rotatable bonds is 22. The fourth-order valence-electron chi connectivity index (χ4n) is 3.45. The van der Waals surface area contributed by atoms with E-state index in [0.717, 1.165) is 12.8 Å². The summed E-state index contributed by atoms with van der Waals surface area (Å²) in [6, 6.07) is 0. The summed E-state index contributed by atoms with van der Waals surface area (Å²) >= 11 is 0. The zero-order valence-electron chi connectivity index (χ0n) is 18.5. The molecule has 4 nitrogen and oxygen atoms in total. The van der Waals surface area contributed by atoms with E-state index in [-0.39, 0.29) is 50.1 Å². The number of esters is 1. The molecule has 1 N–H and O–H groups in total. The standard InChI is InChI=1S/C24H46O4.Ca.2H/c1-2-3-4-5-6-7-8-9-10-11-12-13-14-15-16-19-22-28-24(27)21-18-17-20-23(25)26;;;/h2-22H2,1H3,(H,25,26);;;. The van der Waals surface area contributed by atoms with Crippen LogP contribution >= 0.6 is 0 Å². The molecule has 0 bridgehead atoms. The molecule has 29 heavy (non-hydrogen) atoms. The summed E-state index contributed by atoms with van der Waals surface area (Å²) in [4.78, 5) is 21.9. The third-order valence-corrected chi connectivity index (χ3v) is 5.28. The first-order valence-corrected chi connectivity index (χ1v) is 12.0. The second-order valence-corrected chi connectivity index (χ2v) is 8.12. The first kappa shape index (κ1) is 31.4. The van der Waals surface area contributed by atoms with Gasteiger partial charge in [-0.2, -0.15) is 0 Å². The van der Waals surface area contributed by atoms with Gasteiger partial charge in [0.1, 0.15) is 0 Å². The zero-order valence-corrected chi connectivity index (χ0v) is 18.5. The van der Waals surface area contributed by atoms with Gasteiger partial charge in [0.15, 0.2) is 0 Å². The molecule has 0 spiro atoms. The van der Waals surface area contributed by atoms with Crippen LogP contribution in [0.5, 0.6) is 0 Å². The second-order valence-electron chi connectivity index (χ2n) is 8.12. The molecule has 0 unspecified atom stereocenters. The van der Waals surface area contributed by atoms with Crippen LogP contribution in [0, 0.1) is 0 Å². The minimum absolute atomic E-state index is 0. The molecule has 0 saturated heterocycles. The fraction of sp³-hybridized carbons (Fsp3) is 0.917. The Morgan fingerprint density at radius 3 is 1.38 bits per heavy atom. The molecule has 0 aliphatic heterocycles. The van der Waals surface area contributed by atoms with Gasteiger partial charge in [0.05, 0.1) is 6.61 Å². The third-order valence-electron chi connectivity index (χ3n) is 5.28. The Balaban J connectivity index is 0. The van der Waals surface area contributed by atoms with Crippen molar-refractivity contribution in [2.24, 2.45) is 0 Å². The van der Waals surface area contributed by atoms with Crippen molar-refractivity contribution < 1.29 is 19.4 Å². The van der Waals surface area contributed by atoms with Crippen LogP contribution in [0.25, 0.3) is 0 Å². The number of carboxylic acid groups (broad SMARTS) is 1. The minimum atomic E-state index is -0.804. The molecule has 0 amide bonds. The average Bonchev–Trinajstić information content (AvgIpc) is 2.67. The number of carboxylic acids is 1. The van der Waals surface area contributed by atoms with Crippen LogP contribution in [-0.4, -0.2) is 61.4 Å². The van der Waals surface area contributed by atoms with Gasteiger partial charge in [-0.15, -0.1) is 0 Å². The summed E-state index contributed by atoms with van der Waals surface area (Å²) in [5.41, 5.74) is 0. The predicted molar refractivity (Wildman–Crippen MR) is 125 cm³/mol. The Kier molecular flexibility index (Phi) is 28.4. The molecule has 170 valence electrons. The molecular formula is C24H48CaO4. The van der Waals surface area contributed by atoms with E-state index in [1.165, 1.54) is 89.9 Å². The molecule has 0 fully saturated rings. The average molecular weight is 441 g/mol. The first-order valence-electron chi connectivity index (χ1n) is 12.0. The molecule has 0 heterocycles. The summed E-state index contributed by atoms with van der Waals surface area (Å²) in [7, 11) is 0. The summed E-state index contributed by atoms with van der Waals surface area (Å²) in [5.74, 6) is -0.993. The predicted octanol–water partition coefficient (Wildman–Crippen LogP) is 6.52. The SMILES string of the molecule is CCCCCCCCCCCCCCCCCCOC(=O)CCCCC(=O)O.[CaH2]. The van der Waals surface area contributed by atoms with E-state index in [2.05, 4.69) is 6.92 Å². The van der Waals surface area contributed by atoms with Crippen LogP contribution in [-0.2, 0) is 14.3 Å². The summed E-state index contributed by atoms with van der Waals surface area (Å²) < 4.78 is 5.18. The maximum atomic E-state index is 11.5. The van der Waals surface area contributed by atoms with Gasteiger partial charge in [0.2, 0.25) is 0 Å². The van der Waals surface area contributed by atoms with Gasteiger partial charge < -0.3 is 9.84 Å². The molecule has 0 aliphatic rings. The molecule has 0 aliphatic carbocycles. The van der Waals surface area contributed by atoms with Crippen LogP contribution < -0.4 is 0 Å². The second kappa shape index (κ2) is 26.2. The van der Waals surface area contributed by atoms with Crippen LogP contribution in [0.4, 0.5) is 0 Å². The van der Waals surface area contributed by atoms with Crippen molar-refractivity contribution in [2.45, 2.75) is 135 Å². The number of aliphatic carboxylic acids is 1. The van der Waals surface area contributed by atoms with Gasteiger partial charge in [0.25, 0.3) is 0 Å². The van der Waals surface area contributed by atoms with Crippen LogP contribution in [0.1, 0.15) is 135 Å². The van der Waals surface area contributed by atoms with Gasteiger partial charge in [0, 0.05) is 12.8 Å². The maximum absolute atomic E-state index is 11.5. The fourth-order valence-corrected chi connectivity index (χ4v) is 3.45. The van der Waals surface area contributed by atoms with Gasteiger partial charge in [-0.05, 0) is 19.3 Å². The molecule has 5 heteroatoms. The van der Waals surface area contributed by atoms with Crippen molar-refractivity contribution >= 4 is 49.7 Å². The number of hydrogen-bond acceptors (Lipinski definition) is 3. The molecule has 0 atom stereocenters. The number of ether oxygens (including phenoxy) is 1. The molecule has 0 radical (unpaired) electrons. The van der Waals surface area contributed by atoms with Gasteiger partial charge in [-0.3, -0.25) is 9.59 Å². The number of carbonyl (C=O) groups excluding carboxylic acids is 1. The topological polar surface area (TPSA) is 63.6 Å². The van der Waals surface area contributed by atoms with Crippen LogP contribution in [0.2, 0.25) is 0 Å².